The maximum atomic E-state index is 11.5. The van der Waals surface area contributed by atoms with Crippen molar-refractivity contribution in [3.8, 4) is 0 Å². The van der Waals surface area contributed by atoms with Crippen LogP contribution in [-0.4, -0.2) is 35.1 Å². The third-order valence-corrected chi connectivity index (χ3v) is 4.66. The van der Waals surface area contributed by atoms with Crippen LogP contribution in [0.25, 0.3) is 0 Å². The first-order chi connectivity index (χ1) is 10.5. The van der Waals surface area contributed by atoms with Gasteiger partial charge in [0, 0.05) is 6.42 Å². The van der Waals surface area contributed by atoms with Gasteiger partial charge in [-0.15, -0.1) is 0 Å². The van der Waals surface area contributed by atoms with E-state index in [2.05, 4.69) is 4.89 Å². The van der Waals surface area contributed by atoms with Crippen LogP contribution in [0.15, 0.2) is 0 Å². The molecule has 0 saturated carbocycles. The number of hydrogen-bond donors (Lipinski definition) is 1. The van der Waals surface area contributed by atoms with Crippen molar-refractivity contribution >= 4 is 5.97 Å². The van der Waals surface area contributed by atoms with Gasteiger partial charge in [-0.05, 0) is 26.7 Å². The molecule has 0 aromatic heterocycles. The molecule has 2 aliphatic heterocycles. The molecule has 3 atom stereocenters. The summed E-state index contributed by atoms with van der Waals surface area (Å²) in [6.07, 6.45) is 8.07. The highest BCUT2D eigenvalue weighted by Crippen LogP contribution is 2.44. The van der Waals surface area contributed by atoms with Gasteiger partial charge in [0.15, 0.2) is 0 Å². The lowest BCUT2D eigenvalue weighted by molar-refractivity contribution is -0.428. The molecule has 2 fully saturated rings. The average molecular weight is 316 g/mol. The number of esters is 1. The number of unbranched alkanes of at least 4 members (excludes halogenated alkanes) is 5. The highest BCUT2D eigenvalue weighted by atomic mass is 17.2. The summed E-state index contributed by atoms with van der Waals surface area (Å²) in [5, 5.41) is 8.22. The monoisotopic (exact) mass is 316 g/mol. The van der Waals surface area contributed by atoms with Crippen LogP contribution in [-0.2, 0) is 24.2 Å². The van der Waals surface area contributed by atoms with Gasteiger partial charge in [0.05, 0.1) is 13.0 Å². The van der Waals surface area contributed by atoms with Crippen LogP contribution in [0.2, 0.25) is 0 Å². The molecule has 22 heavy (non-hydrogen) atoms. The summed E-state index contributed by atoms with van der Waals surface area (Å²) < 4.78 is 5.45. The van der Waals surface area contributed by atoms with Gasteiger partial charge in [-0.1, -0.05) is 32.1 Å². The van der Waals surface area contributed by atoms with Crippen molar-refractivity contribution in [1.82, 2.24) is 0 Å². The van der Waals surface area contributed by atoms with Crippen molar-refractivity contribution in [3.05, 3.63) is 0 Å². The van der Waals surface area contributed by atoms with Crippen LogP contribution < -0.4 is 0 Å². The van der Waals surface area contributed by atoms with E-state index in [4.69, 9.17) is 19.8 Å². The molecule has 0 radical (unpaired) electrons. The van der Waals surface area contributed by atoms with E-state index < -0.39 is 5.60 Å². The normalized spacial score (nSPS) is 34.5. The largest absolute Gasteiger partial charge is 0.456 e. The van der Waals surface area contributed by atoms with E-state index in [1.54, 1.807) is 0 Å². The van der Waals surface area contributed by atoms with Gasteiger partial charge in [0.1, 0.15) is 17.3 Å². The highest BCUT2D eigenvalue weighted by Gasteiger charge is 2.55. The summed E-state index contributed by atoms with van der Waals surface area (Å²) in [5.41, 5.74) is -0.936. The zero-order valence-corrected chi connectivity index (χ0v) is 13.6. The molecule has 0 aromatic rings. The molecule has 0 amide bonds. The van der Waals surface area contributed by atoms with Gasteiger partial charge in [-0.2, -0.15) is 0 Å². The summed E-state index contributed by atoms with van der Waals surface area (Å²) in [7, 11) is 0. The number of ether oxygens (including phenoxy) is 1. The quantitative estimate of drug-likeness (QED) is 0.304. The molecule has 0 unspecified atom stereocenters. The Kier molecular flexibility index (Phi) is 6.20. The molecule has 0 aliphatic carbocycles. The minimum absolute atomic E-state index is 0.202. The van der Waals surface area contributed by atoms with Crippen molar-refractivity contribution in [2.24, 2.45) is 0 Å². The summed E-state index contributed by atoms with van der Waals surface area (Å²) in [6, 6.07) is 0. The fraction of sp³-hybridized carbons (Fsp3) is 0.938. The Morgan fingerprint density at radius 1 is 1.18 bits per heavy atom. The minimum atomic E-state index is -0.547. The van der Waals surface area contributed by atoms with Crippen molar-refractivity contribution in [3.63, 3.8) is 0 Å². The SMILES string of the molecule is C[C@]1(CCCCCCCCOO)C[C@]2(C)OC(=O)C[C@@H]2OO1. The number of fused-ring (bicyclic) bond motifs is 1. The molecule has 0 spiro atoms. The second-order valence-electron chi connectivity index (χ2n) is 6.99. The Morgan fingerprint density at radius 3 is 2.59 bits per heavy atom. The summed E-state index contributed by atoms with van der Waals surface area (Å²) in [4.78, 5) is 26.5. The van der Waals surface area contributed by atoms with E-state index in [1.165, 1.54) is 0 Å². The molecule has 2 rings (SSSR count). The van der Waals surface area contributed by atoms with Crippen LogP contribution in [0.5, 0.6) is 0 Å². The van der Waals surface area contributed by atoms with Crippen LogP contribution in [0.4, 0.5) is 0 Å². The Morgan fingerprint density at radius 2 is 1.86 bits per heavy atom. The Labute approximate surface area is 131 Å². The molecule has 0 aromatic carbocycles. The Bertz CT molecular complexity index is 374. The Balaban J connectivity index is 1.64. The first kappa shape index (κ1) is 17.7. The van der Waals surface area contributed by atoms with Gasteiger partial charge in [0.2, 0.25) is 0 Å². The first-order valence-corrected chi connectivity index (χ1v) is 8.30. The third-order valence-electron chi connectivity index (χ3n) is 4.66. The number of hydrogen-bond acceptors (Lipinski definition) is 6. The lowest BCUT2D eigenvalue weighted by atomic mass is 9.82. The maximum Gasteiger partial charge on any atom is 0.309 e. The predicted molar refractivity (Wildman–Crippen MR) is 79.0 cm³/mol. The molecular formula is C16H28O6. The molecule has 2 heterocycles. The molecule has 128 valence electrons. The first-order valence-electron chi connectivity index (χ1n) is 8.30. The maximum absolute atomic E-state index is 11.5. The van der Waals surface area contributed by atoms with Crippen molar-refractivity contribution in [2.45, 2.75) is 88.9 Å². The van der Waals surface area contributed by atoms with E-state index in [0.29, 0.717) is 13.0 Å². The number of carbonyl (C=O) groups is 1. The van der Waals surface area contributed by atoms with Crippen molar-refractivity contribution in [1.29, 1.82) is 0 Å². The van der Waals surface area contributed by atoms with Crippen LogP contribution in [0.3, 0.4) is 0 Å². The molecule has 2 saturated heterocycles. The lowest BCUT2D eigenvalue weighted by Crippen LogP contribution is -2.51. The Hall–Kier alpha value is -0.690. The minimum Gasteiger partial charge on any atom is -0.456 e. The lowest BCUT2D eigenvalue weighted by Gasteiger charge is -2.43. The van der Waals surface area contributed by atoms with E-state index in [-0.39, 0.29) is 24.1 Å². The number of carbonyl (C=O) groups excluding carboxylic acids is 1. The molecule has 6 nitrogen and oxygen atoms in total. The van der Waals surface area contributed by atoms with Gasteiger partial charge in [-0.3, -0.25) is 10.1 Å². The zero-order valence-electron chi connectivity index (χ0n) is 13.6. The second kappa shape index (κ2) is 7.73. The van der Waals surface area contributed by atoms with Crippen LogP contribution in [0, 0.1) is 0 Å². The van der Waals surface area contributed by atoms with Crippen LogP contribution >= 0.6 is 0 Å². The van der Waals surface area contributed by atoms with Gasteiger partial charge >= 0.3 is 5.97 Å². The standard InChI is InChI=1S/C16H28O6/c1-15(9-7-5-3-4-6-8-10-19-18)12-16(2)13(21-22-15)11-14(17)20-16/h13,18H,3-12H2,1-2H3/t13-,15-,16-/m0/s1. The molecule has 0 bridgehead atoms. The summed E-state index contributed by atoms with van der Waals surface area (Å²) >= 11 is 0. The topological polar surface area (TPSA) is 74.2 Å². The number of rotatable bonds is 9. The van der Waals surface area contributed by atoms with E-state index in [0.717, 1.165) is 44.9 Å². The fourth-order valence-electron chi connectivity index (χ4n) is 3.47. The van der Waals surface area contributed by atoms with Crippen molar-refractivity contribution in [2.75, 3.05) is 6.61 Å². The second-order valence-corrected chi connectivity index (χ2v) is 6.99. The third kappa shape index (κ3) is 4.65. The predicted octanol–water partition coefficient (Wildman–Crippen LogP) is 3.39. The highest BCUT2D eigenvalue weighted by molar-refractivity contribution is 5.73. The fourth-order valence-corrected chi connectivity index (χ4v) is 3.47. The van der Waals surface area contributed by atoms with Crippen molar-refractivity contribution < 1.29 is 29.5 Å². The van der Waals surface area contributed by atoms with E-state index in [1.807, 2.05) is 13.8 Å². The molecule has 6 heteroatoms. The smallest absolute Gasteiger partial charge is 0.309 e. The summed E-state index contributed by atoms with van der Waals surface area (Å²) in [5.74, 6) is -0.202. The van der Waals surface area contributed by atoms with Gasteiger partial charge in [-0.25, -0.2) is 14.7 Å². The molecule has 1 N–H and O–H groups in total. The van der Waals surface area contributed by atoms with E-state index in [9.17, 15) is 4.79 Å². The molecule has 2 aliphatic rings. The van der Waals surface area contributed by atoms with Crippen LogP contribution in [0.1, 0.15) is 71.6 Å². The summed E-state index contributed by atoms with van der Waals surface area (Å²) in [6.45, 7) is 4.38. The van der Waals surface area contributed by atoms with E-state index >= 15 is 0 Å². The molecular weight excluding hydrogens is 288 g/mol. The van der Waals surface area contributed by atoms with Gasteiger partial charge in [0.25, 0.3) is 0 Å². The average Bonchev–Trinajstić information content (AvgIpc) is 2.74. The van der Waals surface area contributed by atoms with Gasteiger partial charge < -0.3 is 4.74 Å². The zero-order chi connectivity index (χ0) is 16.1.